The number of pyridine rings is 1. The highest BCUT2D eigenvalue weighted by atomic mass is 19.1. The van der Waals surface area contributed by atoms with Gasteiger partial charge in [0.25, 0.3) is 0 Å². The van der Waals surface area contributed by atoms with Gasteiger partial charge in [-0.3, -0.25) is 4.99 Å². The minimum atomic E-state index is -0.470. The van der Waals surface area contributed by atoms with Crippen molar-refractivity contribution in [2.45, 2.75) is 33.4 Å². The Kier molecular flexibility index (Phi) is 9.22. The summed E-state index contributed by atoms with van der Waals surface area (Å²) in [4.78, 5) is 12.8. The fraction of sp³-hybridized carbons (Fsp3) is 0.407. The predicted molar refractivity (Wildman–Crippen MR) is 137 cm³/mol. The Morgan fingerprint density at radius 3 is 2.44 bits per heavy atom. The Bertz CT molecular complexity index is 1030. The summed E-state index contributed by atoms with van der Waals surface area (Å²) in [5.41, 5.74) is 3.31. The number of rotatable bonds is 9. The minimum absolute atomic E-state index is 0.0198. The molecule has 0 saturated heterocycles. The third kappa shape index (κ3) is 6.23. The molecule has 182 valence electrons. The van der Waals surface area contributed by atoms with Gasteiger partial charge in [-0.05, 0) is 41.8 Å². The van der Waals surface area contributed by atoms with Crippen LogP contribution in [0.15, 0.2) is 65.5 Å². The van der Waals surface area contributed by atoms with E-state index in [1.807, 2.05) is 76.6 Å². The molecule has 0 spiro atoms. The fourth-order valence-electron chi connectivity index (χ4n) is 3.65. The van der Waals surface area contributed by atoms with Crippen LogP contribution < -0.4 is 4.90 Å². The second-order valence-corrected chi connectivity index (χ2v) is 7.99. The molecular formula is C27H35FN4O2. The van der Waals surface area contributed by atoms with E-state index in [2.05, 4.69) is 16.8 Å². The van der Waals surface area contributed by atoms with Crippen molar-refractivity contribution in [2.24, 2.45) is 4.99 Å². The Morgan fingerprint density at radius 1 is 1.03 bits per heavy atom. The third-order valence-electron chi connectivity index (χ3n) is 5.35. The van der Waals surface area contributed by atoms with Crippen molar-refractivity contribution in [3.05, 3.63) is 72.0 Å². The zero-order valence-corrected chi connectivity index (χ0v) is 20.8. The molecular weight excluding hydrogens is 431 g/mol. The first kappa shape index (κ1) is 25.4. The number of aliphatic imine (C=N–C) groups is 1. The van der Waals surface area contributed by atoms with Crippen LogP contribution in [-0.2, 0) is 9.47 Å². The molecule has 2 aromatic rings. The van der Waals surface area contributed by atoms with Crippen LogP contribution in [0.2, 0.25) is 0 Å². The average molecular weight is 467 g/mol. The molecule has 7 heteroatoms. The van der Waals surface area contributed by atoms with Gasteiger partial charge in [-0.2, -0.15) is 4.39 Å². The first-order valence-electron chi connectivity index (χ1n) is 11.9. The smallest absolute Gasteiger partial charge is 0.222 e. The van der Waals surface area contributed by atoms with Crippen LogP contribution in [0.25, 0.3) is 11.1 Å². The van der Waals surface area contributed by atoms with Crippen LogP contribution in [0.4, 0.5) is 10.2 Å². The number of ether oxygens (including phenoxy) is 2. The maximum atomic E-state index is 14.5. The van der Waals surface area contributed by atoms with Crippen molar-refractivity contribution >= 4 is 11.5 Å². The van der Waals surface area contributed by atoms with Gasteiger partial charge in [0.2, 0.25) is 5.95 Å². The van der Waals surface area contributed by atoms with Crippen molar-refractivity contribution in [2.75, 3.05) is 45.4 Å². The molecule has 2 aliphatic heterocycles. The molecule has 0 saturated carbocycles. The highest BCUT2D eigenvalue weighted by Crippen LogP contribution is 2.26. The van der Waals surface area contributed by atoms with Gasteiger partial charge in [0.1, 0.15) is 24.3 Å². The molecule has 4 rings (SSSR count). The van der Waals surface area contributed by atoms with E-state index in [0.717, 1.165) is 35.6 Å². The summed E-state index contributed by atoms with van der Waals surface area (Å²) >= 11 is 0. The lowest BCUT2D eigenvalue weighted by Crippen LogP contribution is -2.27. The summed E-state index contributed by atoms with van der Waals surface area (Å²) in [6, 6.07) is 11.4. The molecule has 0 bridgehead atoms. The van der Waals surface area contributed by atoms with Crippen LogP contribution >= 0.6 is 0 Å². The van der Waals surface area contributed by atoms with Crippen LogP contribution in [0.5, 0.6) is 0 Å². The molecule has 1 aromatic carbocycles. The van der Waals surface area contributed by atoms with Gasteiger partial charge >= 0.3 is 0 Å². The van der Waals surface area contributed by atoms with E-state index in [4.69, 9.17) is 14.5 Å². The standard InChI is InChI=1S/C25H29FN4O2.C2H6/c1-4-13-31-14-15-32-20-9-11-24-27-22(17-30(24)16-20)19-7-5-18(6-8-19)21-10-12-23(29(2)3)28-25(21)26;1-2/h5-12,16,24H,4,13-15,17H2,1-3H3;1-2H3. The van der Waals surface area contributed by atoms with Crippen LogP contribution in [0.1, 0.15) is 32.8 Å². The number of anilines is 1. The molecule has 34 heavy (non-hydrogen) atoms. The normalized spacial score (nSPS) is 16.3. The summed E-state index contributed by atoms with van der Waals surface area (Å²) in [5, 5.41) is 0. The summed E-state index contributed by atoms with van der Waals surface area (Å²) in [6.07, 6.45) is 6.99. The summed E-state index contributed by atoms with van der Waals surface area (Å²) in [7, 11) is 3.68. The molecule has 2 aliphatic rings. The van der Waals surface area contributed by atoms with Gasteiger partial charge in [0.05, 0.1) is 18.9 Å². The van der Waals surface area contributed by atoms with E-state index in [-0.39, 0.29) is 6.17 Å². The van der Waals surface area contributed by atoms with Gasteiger partial charge in [-0.1, -0.05) is 45.0 Å². The third-order valence-corrected chi connectivity index (χ3v) is 5.35. The summed E-state index contributed by atoms with van der Waals surface area (Å²) < 4.78 is 25.7. The van der Waals surface area contributed by atoms with Crippen molar-refractivity contribution in [1.29, 1.82) is 0 Å². The number of halogens is 1. The van der Waals surface area contributed by atoms with E-state index < -0.39 is 5.95 Å². The van der Waals surface area contributed by atoms with E-state index in [9.17, 15) is 4.39 Å². The van der Waals surface area contributed by atoms with Crippen molar-refractivity contribution < 1.29 is 13.9 Å². The Morgan fingerprint density at radius 2 is 1.76 bits per heavy atom. The van der Waals surface area contributed by atoms with Crippen molar-refractivity contribution in [3.63, 3.8) is 0 Å². The van der Waals surface area contributed by atoms with Crippen LogP contribution in [-0.4, -0.2) is 62.2 Å². The quantitative estimate of drug-likeness (QED) is 0.372. The highest BCUT2D eigenvalue weighted by molar-refractivity contribution is 6.03. The van der Waals surface area contributed by atoms with Crippen molar-refractivity contribution in [3.8, 4) is 11.1 Å². The lowest BCUT2D eigenvalue weighted by atomic mass is 10.0. The molecule has 1 atom stereocenters. The zero-order chi connectivity index (χ0) is 24.5. The van der Waals surface area contributed by atoms with Gasteiger partial charge < -0.3 is 19.3 Å². The molecule has 0 radical (unpaired) electrons. The lowest BCUT2D eigenvalue weighted by Gasteiger charge is -2.23. The monoisotopic (exact) mass is 466 g/mol. The molecule has 3 heterocycles. The minimum Gasteiger partial charge on any atom is -0.490 e. The Balaban J connectivity index is 0.00000158. The number of hydrogen-bond donors (Lipinski definition) is 0. The number of aromatic nitrogens is 1. The second-order valence-electron chi connectivity index (χ2n) is 7.99. The topological polar surface area (TPSA) is 50.2 Å². The van der Waals surface area contributed by atoms with E-state index in [0.29, 0.717) is 31.1 Å². The summed E-state index contributed by atoms with van der Waals surface area (Å²) in [5.74, 6) is 0.942. The predicted octanol–water partition coefficient (Wildman–Crippen LogP) is 5.27. The molecule has 0 fully saturated rings. The number of fused-ring (bicyclic) bond motifs is 1. The Hall–Kier alpha value is -3.19. The summed E-state index contributed by atoms with van der Waals surface area (Å²) in [6.45, 7) is 8.66. The molecule has 1 unspecified atom stereocenters. The first-order valence-corrected chi connectivity index (χ1v) is 11.9. The number of allylic oxidation sites excluding steroid dienone is 1. The van der Waals surface area contributed by atoms with E-state index in [1.165, 1.54) is 0 Å². The average Bonchev–Trinajstić information content (AvgIpc) is 3.29. The van der Waals surface area contributed by atoms with Crippen molar-refractivity contribution in [1.82, 2.24) is 9.88 Å². The second kappa shape index (κ2) is 12.3. The van der Waals surface area contributed by atoms with Gasteiger partial charge in [0, 0.05) is 32.5 Å². The lowest BCUT2D eigenvalue weighted by molar-refractivity contribution is 0.0771. The fourth-order valence-corrected chi connectivity index (χ4v) is 3.65. The number of benzene rings is 1. The maximum absolute atomic E-state index is 14.5. The number of nitrogens with zero attached hydrogens (tertiary/aromatic N) is 4. The Labute approximate surface area is 202 Å². The van der Waals surface area contributed by atoms with Crippen LogP contribution in [0.3, 0.4) is 0 Å². The van der Waals surface area contributed by atoms with Gasteiger partial charge in [0.15, 0.2) is 0 Å². The largest absolute Gasteiger partial charge is 0.490 e. The van der Waals surface area contributed by atoms with Crippen LogP contribution in [0, 0.1) is 5.95 Å². The number of hydrogen-bond acceptors (Lipinski definition) is 6. The SMILES string of the molecule is CC.CCCOCCOC1=CN2CC(c3ccc(-c4ccc(N(C)C)nc4F)cc3)=NC2C=C1. The zero-order valence-electron chi connectivity index (χ0n) is 20.8. The molecule has 6 nitrogen and oxygen atoms in total. The molecule has 0 aliphatic carbocycles. The van der Waals surface area contributed by atoms with Gasteiger partial charge in [-0.25, -0.2) is 4.98 Å². The molecule has 0 amide bonds. The highest BCUT2D eigenvalue weighted by Gasteiger charge is 2.26. The van der Waals surface area contributed by atoms with Gasteiger partial charge in [-0.15, -0.1) is 0 Å². The molecule has 1 aromatic heterocycles. The van der Waals surface area contributed by atoms with E-state index >= 15 is 0 Å². The van der Waals surface area contributed by atoms with E-state index in [1.54, 1.807) is 11.0 Å². The maximum Gasteiger partial charge on any atom is 0.222 e. The first-order chi connectivity index (χ1) is 16.5. The molecule has 0 N–H and O–H groups in total.